The van der Waals surface area contributed by atoms with Gasteiger partial charge in [0.25, 0.3) is 0 Å². The van der Waals surface area contributed by atoms with E-state index >= 15 is 0 Å². The van der Waals surface area contributed by atoms with Crippen molar-refractivity contribution in [2.24, 2.45) is 0 Å². The van der Waals surface area contributed by atoms with Crippen molar-refractivity contribution in [3.8, 4) is 0 Å². The molecule has 0 aromatic carbocycles. The lowest BCUT2D eigenvalue weighted by Crippen LogP contribution is -1.82. The van der Waals surface area contributed by atoms with Crippen LogP contribution in [0.2, 0.25) is 0 Å². The fourth-order valence-electron chi connectivity index (χ4n) is 1.08. The molecule has 0 radical (unpaired) electrons. The van der Waals surface area contributed by atoms with Gasteiger partial charge >= 0.3 is 0 Å². The second-order valence-electron chi connectivity index (χ2n) is 3.19. The minimum Gasteiger partial charge on any atom is -0.122 e. The van der Waals surface area contributed by atoms with Gasteiger partial charge in [0.1, 0.15) is 0 Å². The topological polar surface area (TPSA) is 0 Å². The van der Waals surface area contributed by atoms with Gasteiger partial charge in [-0.1, -0.05) is 30.2 Å². The zero-order valence-corrected chi connectivity index (χ0v) is 9.12. The summed E-state index contributed by atoms with van der Waals surface area (Å²) in [6.45, 7) is 6.45. The van der Waals surface area contributed by atoms with E-state index in [0.29, 0.717) is 5.88 Å². The van der Waals surface area contributed by atoms with Crippen LogP contribution in [0.4, 0.5) is 0 Å². The van der Waals surface area contributed by atoms with Gasteiger partial charge in [-0.25, -0.2) is 0 Å². The molecule has 0 atom stereocenters. The van der Waals surface area contributed by atoms with E-state index in [9.17, 15) is 0 Å². The van der Waals surface area contributed by atoms with Gasteiger partial charge in [-0.15, -0.1) is 11.6 Å². The van der Waals surface area contributed by atoms with Gasteiger partial charge in [0.15, 0.2) is 0 Å². The van der Waals surface area contributed by atoms with Crippen molar-refractivity contribution in [1.82, 2.24) is 0 Å². The van der Waals surface area contributed by atoms with Crippen molar-refractivity contribution >= 4 is 11.6 Å². The minimum atomic E-state index is 0.651. The third-order valence-electron chi connectivity index (χ3n) is 1.84. The summed E-state index contributed by atoms with van der Waals surface area (Å²) in [6, 6.07) is 0. The average molecular weight is 187 g/mol. The van der Waals surface area contributed by atoms with Crippen LogP contribution in [0.5, 0.6) is 0 Å². The Bertz CT molecular complexity index is 162. The van der Waals surface area contributed by atoms with E-state index in [1.807, 2.05) is 0 Å². The van der Waals surface area contributed by atoms with Crippen molar-refractivity contribution in [3.05, 3.63) is 23.3 Å². The standard InChI is InChI=1S/C11H19Cl/c1-4-11(8-9-12)7-5-6-10(2)3/h6,8H,4-5,7,9H2,1-3H3. The molecule has 0 saturated carbocycles. The molecule has 0 heterocycles. The normalized spacial score (nSPS) is 11.5. The van der Waals surface area contributed by atoms with Gasteiger partial charge in [0.05, 0.1) is 0 Å². The molecule has 1 heteroatoms. The average Bonchev–Trinajstić information content (AvgIpc) is 2.02. The second-order valence-corrected chi connectivity index (χ2v) is 3.50. The van der Waals surface area contributed by atoms with Crippen LogP contribution in [0, 0.1) is 0 Å². The molecule has 0 fully saturated rings. The van der Waals surface area contributed by atoms with Crippen LogP contribution >= 0.6 is 11.6 Å². The van der Waals surface area contributed by atoms with Crippen LogP contribution < -0.4 is 0 Å². The molecule has 0 amide bonds. The molecule has 0 spiro atoms. The van der Waals surface area contributed by atoms with E-state index in [4.69, 9.17) is 11.6 Å². The summed E-state index contributed by atoms with van der Waals surface area (Å²) in [4.78, 5) is 0. The van der Waals surface area contributed by atoms with Crippen molar-refractivity contribution < 1.29 is 0 Å². The molecule has 0 saturated heterocycles. The summed E-state index contributed by atoms with van der Waals surface area (Å²) in [6.07, 6.45) is 7.84. The van der Waals surface area contributed by atoms with Crippen molar-refractivity contribution in [2.45, 2.75) is 40.0 Å². The molecule has 0 aromatic heterocycles. The smallest absolute Gasteiger partial charge is 0.0406 e. The summed E-state index contributed by atoms with van der Waals surface area (Å²) < 4.78 is 0. The molecule has 0 bridgehead atoms. The first-order chi connectivity index (χ1) is 5.70. The number of alkyl halides is 1. The Kier molecular flexibility index (Phi) is 7.28. The maximum Gasteiger partial charge on any atom is 0.0406 e. The van der Waals surface area contributed by atoms with Gasteiger partial charge in [0, 0.05) is 5.88 Å². The Morgan fingerprint density at radius 1 is 1.25 bits per heavy atom. The highest BCUT2D eigenvalue weighted by molar-refractivity contribution is 6.18. The quantitative estimate of drug-likeness (QED) is 0.444. The molecule has 0 N–H and O–H groups in total. The van der Waals surface area contributed by atoms with Gasteiger partial charge in [0.2, 0.25) is 0 Å². The predicted molar refractivity (Wildman–Crippen MR) is 57.8 cm³/mol. The zero-order valence-electron chi connectivity index (χ0n) is 8.36. The summed E-state index contributed by atoms with van der Waals surface area (Å²) in [7, 11) is 0. The van der Waals surface area contributed by atoms with E-state index in [2.05, 4.69) is 32.9 Å². The molecule has 0 aliphatic carbocycles. The van der Waals surface area contributed by atoms with E-state index in [-0.39, 0.29) is 0 Å². The summed E-state index contributed by atoms with van der Waals surface area (Å²) in [5.41, 5.74) is 2.87. The van der Waals surface area contributed by atoms with Crippen LogP contribution in [0.25, 0.3) is 0 Å². The maximum atomic E-state index is 5.62. The SMILES string of the molecule is CCC(=CCCl)CCC=C(C)C. The predicted octanol–water partition coefficient (Wildman–Crippen LogP) is 4.31. The van der Waals surface area contributed by atoms with Gasteiger partial charge in [-0.3, -0.25) is 0 Å². The molecule has 0 nitrogen and oxygen atoms in total. The minimum absolute atomic E-state index is 0.651. The molecular weight excluding hydrogens is 168 g/mol. The number of rotatable bonds is 5. The largest absolute Gasteiger partial charge is 0.122 e. The second kappa shape index (κ2) is 7.42. The first kappa shape index (κ1) is 11.8. The van der Waals surface area contributed by atoms with E-state index in [0.717, 1.165) is 19.3 Å². The highest BCUT2D eigenvalue weighted by Gasteiger charge is 1.91. The first-order valence-electron chi connectivity index (χ1n) is 4.58. The molecule has 0 aliphatic heterocycles. The zero-order chi connectivity index (χ0) is 9.40. The molecule has 12 heavy (non-hydrogen) atoms. The molecule has 70 valence electrons. The number of allylic oxidation sites excluding steroid dienone is 4. The third kappa shape index (κ3) is 6.48. The Hall–Kier alpha value is -0.230. The van der Waals surface area contributed by atoms with Crippen LogP contribution in [-0.2, 0) is 0 Å². The van der Waals surface area contributed by atoms with Crippen LogP contribution in [0.1, 0.15) is 40.0 Å². The Morgan fingerprint density at radius 3 is 2.33 bits per heavy atom. The molecular formula is C11H19Cl. The molecule has 0 aliphatic rings. The lowest BCUT2D eigenvalue weighted by molar-refractivity contribution is 0.899. The molecule has 0 aromatic rings. The Morgan fingerprint density at radius 2 is 1.92 bits per heavy atom. The van der Waals surface area contributed by atoms with Crippen molar-refractivity contribution in [1.29, 1.82) is 0 Å². The van der Waals surface area contributed by atoms with Crippen molar-refractivity contribution in [2.75, 3.05) is 5.88 Å². The monoisotopic (exact) mass is 186 g/mol. The Balaban J connectivity index is 3.74. The number of halogens is 1. The van der Waals surface area contributed by atoms with E-state index in [1.54, 1.807) is 0 Å². The van der Waals surface area contributed by atoms with Crippen molar-refractivity contribution in [3.63, 3.8) is 0 Å². The van der Waals surface area contributed by atoms with Gasteiger partial charge in [-0.05, 0) is 33.1 Å². The molecule has 0 unspecified atom stereocenters. The lowest BCUT2D eigenvalue weighted by Gasteiger charge is -2.00. The van der Waals surface area contributed by atoms with E-state index in [1.165, 1.54) is 11.1 Å². The lowest BCUT2D eigenvalue weighted by atomic mass is 10.1. The highest BCUT2D eigenvalue weighted by atomic mass is 35.5. The number of hydrogen-bond donors (Lipinski definition) is 0. The summed E-state index contributed by atoms with van der Waals surface area (Å²) in [5.74, 6) is 0.651. The first-order valence-corrected chi connectivity index (χ1v) is 5.11. The van der Waals surface area contributed by atoms with Crippen LogP contribution in [-0.4, -0.2) is 5.88 Å². The summed E-state index contributed by atoms with van der Waals surface area (Å²) in [5, 5.41) is 0. The van der Waals surface area contributed by atoms with Crippen LogP contribution in [0.3, 0.4) is 0 Å². The Labute approximate surface area is 81.3 Å². The summed E-state index contributed by atoms with van der Waals surface area (Å²) >= 11 is 5.62. The fraction of sp³-hybridized carbons (Fsp3) is 0.636. The maximum absolute atomic E-state index is 5.62. The highest BCUT2D eigenvalue weighted by Crippen LogP contribution is 2.11. The van der Waals surface area contributed by atoms with E-state index < -0.39 is 0 Å². The molecule has 0 rings (SSSR count). The van der Waals surface area contributed by atoms with Crippen LogP contribution in [0.15, 0.2) is 23.3 Å². The number of hydrogen-bond acceptors (Lipinski definition) is 0. The fourth-order valence-corrected chi connectivity index (χ4v) is 1.30. The van der Waals surface area contributed by atoms with Gasteiger partial charge in [-0.2, -0.15) is 0 Å². The third-order valence-corrected chi connectivity index (χ3v) is 1.99. The van der Waals surface area contributed by atoms with Gasteiger partial charge < -0.3 is 0 Å².